The molecule has 2 nitrogen and oxygen atoms in total. The van der Waals surface area contributed by atoms with Crippen molar-refractivity contribution in [1.82, 2.24) is 0 Å². The van der Waals surface area contributed by atoms with Crippen LogP contribution in [0.25, 0.3) is 6.08 Å². The summed E-state index contributed by atoms with van der Waals surface area (Å²) < 4.78 is 1.02. The molecule has 0 saturated heterocycles. The van der Waals surface area contributed by atoms with E-state index in [4.69, 9.17) is 0 Å². The van der Waals surface area contributed by atoms with Gasteiger partial charge in [-0.2, -0.15) is 0 Å². The molecule has 12 heavy (non-hydrogen) atoms. The lowest BCUT2D eigenvalue weighted by atomic mass is 10.2. The summed E-state index contributed by atoms with van der Waals surface area (Å²) in [4.78, 5) is 14.7. The standard InChI is InChI=1S/C9H6BrNO/c1-5-2-8-6(3-7(5)10)4-9(12)11-8/h2-4H,1H3. The summed E-state index contributed by atoms with van der Waals surface area (Å²) in [5, 5.41) is 1.68. The Kier molecular flexibility index (Phi) is 1.61. The van der Waals surface area contributed by atoms with E-state index in [0.29, 0.717) is 0 Å². The number of amides is 1. The van der Waals surface area contributed by atoms with Crippen LogP contribution in [0.4, 0.5) is 0 Å². The van der Waals surface area contributed by atoms with Crippen molar-refractivity contribution in [3.05, 3.63) is 32.7 Å². The van der Waals surface area contributed by atoms with Crippen molar-refractivity contribution in [2.45, 2.75) is 6.92 Å². The Balaban J connectivity index is 2.89. The summed E-state index contributed by atoms with van der Waals surface area (Å²) in [6.45, 7) is 1.97. The zero-order chi connectivity index (χ0) is 8.72. The summed E-state index contributed by atoms with van der Waals surface area (Å²) in [6, 6.07) is 3.82. The lowest BCUT2D eigenvalue weighted by molar-refractivity contribution is -0.112. The fraction of sp³-hybridized carbons (Fsp3) is 0.111. The number of fused-ring (bicyclic) bond motifs is 1. The van der Waals surface area contributed by atoms with E-state index in [1.165, 1.54) is 0 Å². The van der Waals surface area contributed by atoms with E-state index < -0.39 is 0 Å². The van der Waals surface area contributed by atoms with Crippen LogP contribution in [0.1, 0.15) is 5.56 Å². The van der Waals surface area contributed by atoms with Crippen LogP contribution < -0.4 is 10.6 Å². The topological polar surface area (TPSA) is 29.4 Å². The Morgan fingerprint density at radius 3 is 2.92 bits per heavy atom. The number of benzene rings is 1. The van der Waals surface area contributed by atoms with Crippen molar-refractivity contribution in [3.8, 4) is 0 Å². The Bertz CT molecular complexity index is 433. The maximum Gasteiger partial charge on any atom is 0.270 e. The van der Waals surface area contributed by atoms with Gasteiger partial charge in [0.25, 0.3) is 5.91 Å². The molecule has 0 N–H and O–H groups in total. The normalized spacial score (nSPS) is 13.7. The summed E-state index contributed by atoms with van der Waals surface area (Å²) in [5.41, 5.74) is 1.10. The maximum absolute atomic E-state index is 10.9. The molecule has 0 unspecified atom stereocenters. The van der Waals surface area contributed by atoms with Crippen molar-refractivity contribution in [2.75, 3.05) is 0 Å². The average Bonchev–Trinajstić information content (AvgIpc) is 2.30. The molecular weight excluding hydrogens is 218 g/mol. The maximum atomic E-state index is 10.9. The number of rotatable bonds is 0. The minimum Gasteiger partial charge on any atom is -0.267 e. The first-order valence-electron chi connectivity index (χ1n) is 3.57. The molecule has 3 heteroatoms. The third-order valence-electron chi connectivity index (χ3n) is 1.82. The molecule has 0 bridgehead atoms. The predicted molar refractivity (Wildman–Crippen MR) is 49.1 cm³/mol. The zero-order valence-electron chi connectivity index (χ0n) is 6.47. The van der Waals surface area contributed by atoms with E-state index >= 15 is 0 Å². The number of carbonyl (C=O) groups excluding carboxylic acids is 1. The zero-order valence-corrected chi connectivity index (χ0v) is 8.05. The van der Waals surface area contributed by atoms with Crippen LogP contribution in [0.2, 0.25) is 0 Å². The molecule has 0 saturated carbocycles. The molecule has 1 aromatic carbocycles. The molecule has 0 radical (unpaired) electrons. The van der Waals surface area contributed by atoms with Gasteiger partial charge in [0.1, 0.15) is 0 Å². The monoisotopic (exact) mass is 223 g/mol. The lowest BCUT2D eigenvalue weighted by Crippen LogP contribution is -2.21. The molecule has 0 atom stereocenters. The van der Waals surface area contributed by atoms with Crippen LogP contribution in [0.15, 0.2) is 21.6 Å². The van der Waals surface area contributed by atoms with E-state index in [0.717, 1.165) is 20.6 Å². The number of carbonyl (C=O) groups is 1. The third kappa shape index (κ3) is 1.10. The van der Waals surface area contributed by atoms with Gasteiger partial charge in [0.15, 0.2) is 0 Å². The molecule has 2 rings (SSSR count). The second-order valence-corrected chi connectivity index (χ2v) is 3.61. The molecule has 0 fully saturated rings. The van der Waals surface area contributed by atoms with Gasteiger partial charge in [-0.3, -0.25) is 4.79 Å². The second-order valence-electron chi connectivity index (χ2n) is 2.75. The SMILES string of the molecule is Cc1cc2c(cc1Br)=CC(=O)N=2. The highest BCUT2D eigenvalue weighted by atomic mass is 79.9. The average molecular weight is 224 g/mol. The van der Waals surface area contributed by atoms with Gasteiger partial charge in [-0.15, -0.1) is 0 Å². The van der Waals surface area contributed by atoms with Gasteiger partial charge in [0.2, 0.25) is 0 Å². The molecule has 0 aliphatic carbocycles. The molecule has 60 valence electrons. The highest BCUT2D eigenvalue weighted by Gasteiger charge is 2.04. The Hall–Kier alpha value is -0.960. The second kappa shape index (κ2) is 2.52. The van der Waals surface area contributed by atoms with E-state index in [-0.39, 0.29) is 5.91 Å². The molecule has 1 aliphatic heterocycles. The van der Waals surface area contributed by atoms with E-state index in [1.807, 2.05) is 19.1 Å². The lowest BCUT2D eigenvalue weighted by Gasteiger charge is -1.93. The minimum atomic E-state index is -0.164. The first-order chi connectivity index (χ1) is 5.66. The van der Waals surface area contributed by atoms with Crippen LogP contribution >= 0.6 is 15.9 Å². The highest BCUT2D eigenvalue weighted by Crippen LogP contribution is 2.10. The number of hydrogen-bond acceptors (Lipinski definition) is 1. The molecule has 1 heterocycles. The van der Waals surface area contributed by atoms with Crippen LogP contribution in [0.5, 0.6) is 0 Å². The Labute approximate surface area is 77.8 Å². The van der Waals surface area contributed by atoms with Crippen LogP contribution in [0, 0.1) is 6.92 Å². The minimum absolute atomic E-state index is 0.164. The van der Waals surface area contributed by atoms with Gasteiger partial charge >= 0.3 is 0 Å². The first kappa shape index (κ1) is 7.68. The first-order valence-corrected chi connectivity index (χ1v) is 4.37. The van der Waals surface area contributed by atoms with Gasteiger partial charge < -0.3 is 0 Å². The van der Waals surface area contributed by atoms with Gasteiger partial charge in [-0.1, -0.05) is 15.9 Å². The fourth-order valence-corrected chi connectivity index (χ4v) is 1.54. The summed E-state index contributed by atoms with van der Waals surface area (Å²) >= 11 is 3.40. The van der Waals surface area contributed by atoms with Crippen LogP contribution in [-0.2, 0) is 4.79 Å². The Morgan fingerprint density at radius 1 is 1.42 bits per heavy atom. The molecule has 0 aromatic heterocycles. The van der Waals surface area contributed by atoms with Gasteiger partial charge in [-0.05, 0) is 24.6 Å². The molecule has 1 amide bonds. The number of halogens is 1. The molecule has 1 aromatic rings. The summed E-state index contributed by atoms with van der Waals surface area (Å²) in [7, 11) is 0. The Morgan fingerprint density at radius 2 is 2.17 bits per heavy atom. The molecule has 0 spiro atoms. The van der Waals surface area contributed by atoms with Crippen molar-refractivity contribution in [3.63, 3.8) is 0 Å². The molecular formula is C9H6BrNO. The van der Waals surface area contributed by atoms with E-state index in [1.54, 1.807) is 6.08 Å². The van der Waals surface area contributed by atoms with Crippen molar-refractivity contribution >= 4 is 27.9 Å². The van der Waals surface area contributed by atoms with Crippen LogP contribution in [0.3, 0.4) is 0 Å². The number of nitrogens with zero attached hydrogens (tertiary/aromatic N) is 1. The fourth-order valence-electron chi connectivity index (χ4n) is 1.18. The molecule has 1 aliphatic rings. The van der Waals surface area contributed by atoms with E-state index in [2.05, 4.69) is 20.9 Å². The summed E-state index contributed by atoms with van der Waals surface area (Å²) in [5.74, 6) is -0.164. The summed E-state index contributed by atoms with van der Waals surface area (Å²) in [6.07, 6.45) is 1.54. The van der Waals surface area contributed by atoms with Gasteiger partial charge in [-0.25, -0.2) is 4.99 Å². The number of aryl methyl sites for hydroxylation is 1. The van der Waals surface area contributed by atoms with Gasteiger partial charge in [0, 0.05) is 15.8 Å². The van der Waals surface area contributed by atoms with Crippen molar-refractivity contribution in [2.24, 2.45) is 4.99 Å². The van der Waals surface area contributed by atoms with Crippen molar-refractivity contribution < 1.29 is 4.79 Å². The van der Waals surface area contributed by atoms with Gasteiger partial charge in [0.05, 0.1) is 5.36 Å². The smallest absolute Gasteiger partial charge is 0.267 e. The van der Waals surface area contributed by atoms with Crippen molar-refractivity contribution in [1.29, 1.82) is 0 Å². The quantitative estimate of drug-likeness (QED) is 0.637. The third-order valence-corrected chi connectivity index (χ3v) is 2.67. The largest absolute Gasteiger partial charge is 0.270 e. The highest BCUT2D eigenvalue weighted by molar-refractivity contribution is 9.10. The predicted octanol–water partition coefficient (Wildman–Crippen LogP) is 0.698. The van der Waals surface area contributed by atoms with E-state index in [9.17, 15) is 4.79 Å². The van der Waals surface area contributed by atoms with Crippen LogP contribution in [-0.4, -0.2) is 5.91 Å². The number of hydrogen-bond donors (Lipinski definition) is 0.